The highest BCUT2D eigenvalue weighted by Crippen LogP contribution is 2.42. The zero-order chi connectivity index (χ0) is 25.4. The van der Waals surface area contributed by atoms with Gasteiger partial charge in [-0.25, -0.2) is 4.39 Å². The highest BCUT2D eigenvalue weighted by Gasteiger charge is 2.43. The number of nitrogens with zero attached hydrogens (tertiary/aromatic N) is 3. The third-order valence-corrected chi connectivity index (χ3v) is 7.67. The Balaban J connectivity index is 1.28. The number of hydrogen-bond donors (Lipinski definition) is 1. The molecule has 2 saturated heterocycles. The predicted octanol–water partition coefficient (Wildman–Crippen LogP) is 5.00. The second kappa shape index (κ2) is 10.1. The van der Waals surface area contributed by atoms with E-state index in [0.717, 1.165) is 70.7 Å². The number of methoxy groups -OCH3 is 1. The smallest absolute Gasteiger partial charge is 0.420 e. The van der Waals surface area contributed by atoms with Crippen molar-refractivity contribution < 1.29 is 31.4 Å². The van der Waals surface area contributed by atoms with E-state index in [1.165, 1.54) is 7.11 Å². The summed E-state index contributed by atoms with van der Waals surface area (Å²) < 4.78 is 80.5. The average Bonchev–Trinajstić information content (AvgIpc) is 3.39. The first-order valence-corrected chi connectivity index (χ1v) is 12.3. The maximum absolute atomic E-state index is 14.5. The predicted molar refractivity (Wildman–Crippen MR) is 123 cm³/mol. The number of aromatic nitrogens is 2. The molecule has 5 rings (SSSR count). The van der Waals surface area contributed by atoms with Crippen molar-refractivity contribution in [2.75, 3.05) is 45.3 Å². The number of rotatable bonds is 6. The van der Waals surface area contributed by atoms with E-state index >= 15 is 0 Å². The third kappa shape index (κ3) is 5.13. The molecule has 3 atom stereocenters. The lowest BCUT2D eigenvalue weighted by molar-refractivity contribution is -0.137. The van der Waals surface area contributed by atoms with Crippen LogP contribution in [0.5, 0.6) is 5.75 Å². The van der Waals surface area contributed by atoms with Crippen LogP contribution in [0, 0.1) is 29.4 Å². The molecule has 1 aromatic heterocycles. The van der Waals surface area contributed by atoms with Gasteiger partial charge in [0.05, 0.1) is 12.8 Å². The van der Waals surface area contributed by atoms with Gasteiger partial charge in [-0.3, -0.25) is 0 Å². The van der Waals surface area contributed by atoms with Crippen LogP contribution in [-0.2, 0) is 10.9 Å². The van der Waals surface area contributed by atoms with Crippen molar-refractivity contribution in [3.63, 3.8) is 0 Å². The van der Waals surface area contributed by atoms with Gasteiger partial charge in [0, 0.05) is 44.5 Å². The summed E-state index contributed by atoms with van der Waals surface area (Å²) in [6, 6.07) is 2.82. The molecule has 1 aliphatic carbocycles. The Labute approximate surface area is 206 Å². The Morgan fingerprint density at radius 1 is 1.06 bits per heavy atom. The quantitative estimate of drug-likeness (QED) is 0.550. The lowest BCUT2D eigenvalue weighted by atomic mass is 10.00. The number of ether oxygens (including phenoxy) is 2. The molecule has 1 saturated carbocycles. The van der Waals surface area contributed by atoms with Gasteiger partial charge in [-0.15, -0.1) is 10.2 Å². The standard InChI is InChI=1S/C25H29F5N4O2/c1-35-21-3-2-18(22(26)23(21)27)20-10-19(25(28,29)30)24(33-32-20)31-17-8-15-12-34(13-16(15)9-17)11-14-4-6-36-7-5-14/h2-3,10,14-17H,4-9,11-13H2,1H3,(H,31,33)/t15-,16+,17-. The molecule has 0 radical (unpaired) electrons. The molecule has 3 heterocycles. The second-order valence-corrected chi connectivity index (χ2v) is 10.0. The largest absolute Gasteiger partial charge is 0.494 e. The molecule has 2 aromatic rings. The van der Waals surface area contributed by atoms with Crippen LogP contribution in [-0.4, -0.2) is 61.1 Å². The van der Waals surface area contributed by atoms with Crippen LogP contribution in [0.3, 0.4) is 0 Å². The number of likely N-dealkylation sites (tertiary alicyclic amines) is 1. The molecule has 2 aliphatic heterocycles. The molecular weight excluding hydrogens is 483 g/mol. The van der Waals surface area contributed by atoms with Crippen molar-refractivity contribution in [1.82, 2.24) is 15.1 Å². The minimum atomic E-state index is -4.75. The van der Waals surface area contributed by atoms with Crippen LogP contribution in [0.25, 0.3) is 11.3 Å². The van der Waals surface area contributed by atoms with Crippen molar-refractivity contribution in [2.24, 2.45) is 17.8 Å². The molecule has 0 bridgehead atoms. The Kier molecular flexibility index (Phi) is 7.04. The molecule has 0 unspecified atom stereocenters. The lowest BCUT2D eigenvalue weighted by Crippen LogP contribution is -2.32. The maximum atomic E-state index is 14.5. The van der Waals surface area contributed by atoms with Gasteiger partial charge in [0.2, 0.25) is 5.82 Å². The molecule has 1 N–H and O–H groups in total. The van der Waals surface area contributed by atoms with Gasteiger partial charge in [-0.1, -0.05) is 0 Å². The molecule has 196 valence electrons. The van der Waals surface area contributed by atoms with E-state index in [4.69, 9.17) is 9.47 Å². The van der Waals surface area contributed by atoms with E-state index in [-0.39, 0.29) is 17.6 Å². The van der Waals surface area contributed by atoms with Crippen LogP contribution >= 0.6 is 0 Å². The number of anilines is 1. The fraction of sp³-hybridized carbons (Fsp3) is 0.600. The van der Waals surface area contributed by atoms with Gasteiger partial charge >= 0.3 is 6.18 Å². The SMILES string of the molecule is COc1ccc(-c2cc(C(F)(F)F)c(N[C@@H]3C[C@@H]4CN(CC5CCOCC5)C[C@@H]4C3)nn2)c(F)c1F. The molecule has 36 heavy (non-hydrogen) atoms. The summed E-state index contributed by atoms with van der Waals surface area (Å²) in [6.45, 7) is 4.61. The minimum Gasteiger partial charge on any atom is -0.494 e. The van der Waals surface area contributed by atoms with Crippen LogP contribution in [0.15, 0.2) is 18.2 Å². The molecule has 6 nitrogen and oxygen atoms in total. The first-order chi connectivity index (χ1) is 17.2. The lowest BCUT2D eigenvalue weighted by Gasteiger charge is -2.28. The summed E-state index contributed by atoms with van der Waals surface area (Å²) in [5, 5.41) is 10.5. The minimum absolute atomic E-state index is 0.151. The number of hydrogen-bond acceptors (Lipinski definition) is 6. The maximum Gasteiger partial charge on any atom is 0.420 e. The number of alkyl halides is 3. The van der Waals surface area contributed by atoms with Crippen LogP contribution in [0.2, 0.25) is 0 Å². The topological polar surface area (TPSA) is 59.5 Å². The van der Waals surface area contributed by atoms with Gasteiger partial charge in [0.25, 0.3) is 0 Å². The van der Waals surface area contributed by atoms with Gasteiger partial charge in [-0.2, -0.15) is 17.6 Å². The summed E-state index contributed by atoms with van der Waals surface area (Å²) in [4.78, 5) is 2.49. The van der Waals surface area contributed by atoms with Crippen molar-refractivity contribution >= 4 is 5.82 Å². The Bertz CT molecular complexity index is 1080. The van der Waals surface area contributed by atoms with E-state index < -0.39 is 34.6 Å². The van der Waals surface area contributed by atoms with Gasteiger partial charge in [0.15, 0.2) is 17.4 Å². The van der Waals surface area contributed by atoms with Gasteiger partial charge in [-0.05, 0) is 61.6 Å². The number of nitrogens with one attached hydrogen (secondary N) is 1. The second-order valence-electron chi connectivity index (χ2n) is 10.0. The Morgan fingerprint density at radius 3 is 2.39 bits per heavy atom. The van der Waals surface area contributed by atoms with Gasteiger partial charge < -0.3 is 19.7 Å². The average molecular weight is 513 g/mol. The van der Waals surface area contributed by atoms with E-state index in [2.05, 4.69) is 20.4 Å². The zero-order valence-corrected chi connectivity index (χ0v) is 20.0. The van der Waals surface area contributed by atoms with E-state index in [0.29, 0.717) is 23.8 Å². The highest BCUT2D eigenvalue weighted by atomic mass is 19.4. The first-order valence-electron chi connectivity index (χ1n) is 12.3. The molecule has 0 spiro atoms. The summed E-state index contributed by atoms with van der Waals surface area (Å²) in [5.74, 6) is -1.86. The van der Waals surface area contributed by atoms with Crippen molar-refractivity contribution in [3.05, 3.63) is 35.4 Å². The van der Waals surface area contributed by atoms with Crippen LogP contribution in [0.1, 0.15) is 31.2 Å². The Hall–Kier alpha value is -2.53. The number of halogens is 5. The Morgan fingerprint density at radius 2 is 1.75 bits per heavy atom. The summed E-state index contributed by atoms with van der Waals surface area (Å²) in [6.07, 6.45) is -1.07. The van der Waals surface area contributed by atoms with E-state index in [9.17, 15) is 22.0 Å². The normalized spacial score (nSPS) is 25.2. The molecule has 3 fully saturated rings. The zero-order valence-electron chi connectivity index (χ0n) is 20.0. The first kappa shape index (κ1) is 25.1. The van der Waals surface area contributed by atoms with Gasteiger partial charge in [0.1, 0.15) is 5.56 Å². The van der Waals surface area contributed by atoms with E-state index in [1.807, 2.05) is 0 Å². The van der Waals surface area contributed by atoms with Crippen LogP contribution in [0.4, 0.5) is 27.8 Å². The fourth-order valence-electron chi connectivity index (χ4n) is 5.88. The van der Waals surface area contributed by atoms with Crippen molar-refractivity contribution in [1.29, 1.82) is 0 Å². The van der Waals surface area contributed by atoms with E-state index in [1.54, 1.807) is 0 Å². The molecule has 11 heteroatoms. The molecule has 1 aromatic carbocycles. The molecular formula is C25H29F5N4O2. The fourth-order valence-corrected chi connectivity index (χ4v) is 5.88. The van der Waals surface area contributed by atoms with Crippen LogP contribution < -0.4 is 10.1 Å². The molecule has 0 amide bonds. The van der Waals surface area contributed by atoms with Crippen molar-refractivity contribution in [3.8, 4) is 17.0 Å². The highest BCUT2D eigenvalue weighted by molar-refractivity contribution is 5.64. The number of benzene rings is 1. The summed E-state index contributed by atoms with van der Waals surface area (Å²) in [5.41, 5.74) is -1.88. The third-order valence-electron chi connectivity index (χ3n) is 7.67. The van der Waals surface area contributed by atoms with Crippen molar-refractivity contribution in [2.45, 2.75) is 37.9 Å². The summed E-state index contributed by atoms with van der Waals surface area (Å²) >= 11 is 0. The molecule has 3 aliphatic rings. The monoisotopic (exact) mass is 512 g/mol. The number of fused-ring (bicyclic) bond motifs is 1. The summed E-state index contributed by atoms with van der Waals surface area (Å²) in [7, 11) is 1.17.